The number of carbonyl (C=O) groups is 2. The summed E-state index contributed by atoms with van der Waals surface area (Å²) in [4.78, 5) is 29.9. The first-order chi connectivity index (χ1) is 15.4. The number of aromatic nitrogens is 2. The summed E-state index contributed by atoms with van der Waals surface area (Å²) in [6.07, 6.45) is 8.78. The molecule has 178 valence electrons. The number of aliphatic hydroxyl groups is 1. The van der Waals surface area contributed by atoms with E-state index < -0.39 is 6.10 Å². The van der Waals surface area contributed by atoms with E-state index in [1.54, 1.807) is 0 Å². The summed E-state index contributed by atoms with van der Waals surface area (Å²) in [5, 5.41) is 20.8. The molecule has 1 aromatic heterocycles. The molecule has 3 fully saturated rings. The molecule has 8 nitrogen and oxygen atoms in total. The van der Waals surface area contributed by atoms with E-state index in [1.165, 1.54) is 19.3 Å². The summed E-state index contributed by atoms with van der Waals surface area (Å²) in [5.41, 5.74) is 3.16. The molecule has 2 atom stereocenters. The van der Waals surface area contributed by atoms with Crippen LogP contribution in [0.4, 0.5) is 0 Å². The molecule has 0 aromatic carbocycles. The van der Waals surface area contributed by atoms with Gasteiger partial charge in [0.2, 0.25) is 11.8 Å². The van der Waals surface area contributed by atoms with Gasteiger partial charge < -0.3 is 15.3 Å². The Morgan fingerprint density at radius 1 is 1.12 bits per heavy atom. The number of aryl methyl sites for hydroxylation is 2. The highest BCUT2D eigenvalue weighted by Gasteiger charge is 2.41. The number of amides is 2. The largest absolute Gasteiger partial charge is 0.392 e. The van der Waals surface area contributed by atoms with Crippen molar-refractivity contribution in [1.29, 1.82) is 0 Å². The van der Waals surface area contributed by atoms with Gasteiger partial charge in [0.15, 0.2) is 0 Å². The molecule has 0 spiro atoms. The lowest BCUT2D eigenvalue weighted by atomic mass is 9.95. The number of aliphatic hydroxyl groups excluding tert-OH is 1. The van der Waals surface area contributed by atoms with Gasteiger partial charge in [-0.25, -0.2) is 0 Å². The highest BCUT2D eigenvalue weighted by molar-refractivity contribution is 5.82. The van der Waals surface area contributed by atoms with Crippen molar-refractivity contribution >= 4 is 11.8 Å². The molecule has 4 rings (SSSR count). The molecule has 0 radical (unpaired) electrons. The third-order valence-electron chi connectivity index (χ3n) is 7.73. The molecule has 2 aliphatic heterocycles. The first kappa shape index (κ1) is 23.2. The predicted octanol–water partition coefficient (Wildman–Crippen LogP) is 1.83. The van der Waals surface area contributed by atoms with Crippen LogP contribution in [-0.2, 0) is 16.0 Å². The second kappa shape index (κ2) is 10.3. The van der Waals surface area contributed by atoms with Crippen molar-refractivity contribution in [2.24, 2.45) is 0 Å². The zero-order valence-electron chi connectivity index (χ0n) is 19.6. The predicted molar refractivity (Wildman–Crippen MR) is 122 cm³/mol. The van der Waals surface area contributed by atoms with Crippen molar-refractivity contribution < 1.29 is 14.7 Å². The molecular formula is C24H39N5O3. The minimum absolute atomic E-state index is 0.0813. The van der Waals surface area contributed by atoms with E-state index in [0.29, 0.717) is 25.8 Å². The Hall–Kier alpha value is -1.93. The van der Waals surface area contributed by atoms with Crippen molar-refractivity contribution in [2.45, 2.75) is 102 Å². The van der Waals surface area contributed by atoms with Gasteiger partial charge >= 0.3 is 0 Å². The summed E-state index contributed by atoms with van der Waals surface area (Å²) in [5.74, 6) is 0.273. The van der Waals surface area contributed by atoms with Gasteiger partial charge in [0.1, 0.15) is 0 Å². The third-order valence-corrected chi connectivity index (χ3v) is 7.73. The minimum Gasteiger partial charge on any atom is -0.392 e. The van der Waals surface area contributed by atoms with E-state index in [4.69, 9.17) is 0 Å². The number of nitrogens with one attached hydrogen (secondary N) is 2. The fourth-order valence-corrected chi connectivity index (χ4v) is 5.82. The van der Waals surface area contributed by atoms with Crippen LogP contribution in [0.3, 0.4) is 0 Å². The maximum Gasteiger partial charge on any atom is 0.237 e. The Kier molecular flexibility index (Phi) is 7.51. The number of carbonyl (C=O) groups excluding carboxylic acids is 2. The molecule has 3 N–H and O–H groups in total. The van der Waals surface area contributed by atoms with Gasteiger partial charge in [-0.05, 0) is 57.9 Å². The fourth-order valence-electron chi connectivity index (χ4n) is 5.82. The molecule has 32 heavy (non-hydrogen) atoms. The number of hydrogen-bond donors (Lipinski definition) is 3. The number of aromatic amines is 1. The number of piperidine rings is 1. The zero-order chi connectivity index (χ0) is 22.7. The fraction of sp³-hybridized carbons (Fsp3) is 0.792. The number of H-pyrrole nitrogens is 1. The number of hydrogen-bond acceptors (Lipinski definition) is 5. The molecule has 2 saturated heterocycles. The van der Waals surface area contributed by atoms with E-state index >= 15 is 0 Å². The molecule has 1 saturated carbocycles. The maximum atomic E-state index is 13.0. The summed E-state index contributed by atoms with van der Waals surface area (Å²) in [6.45, 7) is 5.96. The standard InChI is InChI=1S/C24H39N5O3/c1-16-21(17(2)27-26-16)8-9-23(31)28-12-10-19(11-13-28)29-15-20(30)14-22(29)24(32)25-18-6-4-3-5-7-18/h18-20,22,30H,3-15H2,1-2H3,(H,25,32)(H,26,27)/t20-,22+/m1/s1. The summed E-state index contributed by atoms with van der Waals surface area (Å²) >= 11 is 0. The Morgan fingerprint density at radius 2 is 1.84 bits per heavy atom. The minimum atomic E-state index is -0.446. The average molecular weight is 446 g/mol. The van der Waals surface area contributed by atoms with Gasteiger partial charge in [-0.1, -0.05) is 19.3 Å². The lowest BCUT2D eigenvalue weighted by molar-refractivity contribution is -0.134. The molecule has 1 aromatic rings. The molecule has 0 unspecified atom stereocenters. The third kappa shape index (κ3) is 5.34. The number of nitrogens with zero attached hydrogens (tertiary/aromatic N) is 3. The molecular weight excluding hydrogens is 406 g/mol. The van der Waals surface area contributed by atoms with Crippen LogP contribution in [0.5, 0.6) is 0 Å². The Balaban J connectivity index is 1.27. The molecule has 1 aliphatic carbocycles. The highest BCUT2D eigenvalue weighted by Crippen LogP contribution is 2.28. The van der Waals surface area contributed by atoms with Crippen LogP contribution in [0.25, 0.3) is 0 Å². The van der Waals surface area contributed by atoms with E-state index in [-0.39, 0.29) is 29.9 Å². The van der Waals surface area contributed by atoms with Gasteiger partial charge in [-0.3, -0.25) is 19.6 Å². The van der Waals surface area contributed by atoms with E-state index in [1.807, 2.05) is 18.7 Å². The Morgan fingerprint density at radius 3 is 2.50 bits per heavy atom. The van der Waals surface area contributed by atoms with Crippen molar-refractivity contribution in [3.8, 4) is 0 Å². The second-order valence-electron chi connectivity index (χ2n) is 9.97. The number of rotatable bonds is 6. The SMILES string of the molecule is Cc1n[nH]c(C)c1CCC(=O)N1CCC(N2C[C@H](O)C[C@H]2C(=O)NC2CCCCC2)CC1. The second-order valence-corrected chi connectivity index (χ2v) is 9.97. The van der Waals surface area contributed by atoms with Crippen LogP contribution >= 0.6 is 0 Å². The molecule has 3 aliphatic rings. The van der Waals surface area contributed by atoms with Crippen molar-refractivity contribution in [3.05, 3.63) is 17.0 Å². The molecule has 2 amide bonds. The van der Waals surface area contributed by atoms with Gasteiger partial charge in [-0.2, -0.15) is 5.10 Å². The maximum absolute atomic E-state index is 13.0. The normalized spacial score (nSPS) is 25.9. The quantitative estimate of drug-likeness (QED) is 0.620. The lowest BCUT2D eigenvalue weighted by Crippen LogP contribution is -2.53. The highest BCUT2D eigenvalue weighted by atomic mass is 16.3. The van der Waals surface area contributed by atoms with Crippen LogP contribution in [-0.4, -0.2) is 80.8 Å². The van der Waals surface area contributed by atoms with Gasteiger partial charge in [-0.15, -0.1) is 0 Å². The summed E-state index contributed by atoms with van der Waals surface area (Å²) in [6, 6.07) is 0.292. The average Bonchev–Trinajstić information content (AvgIpc) is 3.34. The molecule has 8 heteroatoms. The summed E-state index contributed by atoms with van der Waals surface area (Å²) in [7, 11) is 0. The van der Waals surface area contributed by atoms with Crippen LogP contribution in [0.1, 0.15) is 74.7 Å². The van der Waals surface area contributed by atoms with Gasteiger partial charge in [0, 0.05) is 43.8 Å². The van der Waals surface area contributed by atoms with E-state index in [0.717, 1.165) is 55.7 Å². The first-order valence-corrected chi connectivity index (χ1v) is 12.4. The zero-order valence-corrected chi connectivity index (χ0v) is 19.6. The van der Waals surface area contributed by atoms with Crippen molar-refractivity contribution in [1.82, 2.24) is 25.3 Å². The Bertz CT molecular complexity index is 776. The monoisotopic (exact) mass is 445 g/mol. The van der Waals surface area contributed by atoms with Crippen LogP contribution in [0, 0.1) is 13.8 Å². The Labute approximate surface area is 191 Å². The summed E-state index contributed by atoms with van der Waals surface area (Å²) < 4.78 is 0. The smallest absolute Gasteiger partial charge is 0.237 e. The van der Waals surface area contributed by atoms with Crippen LogP contribution in [0.2, 0.25) is 0 Å². The molecule has 3 heterocycles. The van der Waals surface area contributed by atoms with Gasteiger partial charge in [0.25, 0.3) is 0 Å². The van der Waals surface area contributed by atoms with E-state index in [2.05, 4.69) is 20.4 Å². The van der Waals surface area contributed by atoms with Crippen LogP contribution < -0.4 is 5.32 Å². The van der Waals surface area contributed by atoms with Crippen LogP contribution in [0.15, 0.2) is 0 Å². The lowest BCUT2D eigenvalue weighted by Gasteiger charge is -2.39. The number of β-amino-alcohol motifs (C(OH)–C–C–N with tert-alkyl or cyclic N) is 1. The number of likely N-dealkylation sites (tertiary alicyclic amines) is 2. The van der Waals surface area contributed by atoms with Crippen molar-refractivity contribution in [3.63, 3.8) is 0 Å². The topological polar surface area (TPSA) is 102 Å². The molecule has 0 bridgehead atoms. The van der Waals surface area contributed by atoms with E-state index in [9.17, 15) is 14.7 Å². The van der Waals surface area contributed by atoms with Crippen molar-refractivity contribution in [2.75, 3.05) is 19.6 Å². The van der Waals surface area contributed by atoms with Gasteiger partial charge in [0.05, 0.1) is 17.8 Å². The first-order valence-electron chi connectivity index (χ1n) is 12.4.